The summed E-state index contributed by atoms with van der Waals surface area (Å²) in [7, 11) is 0. The molecule has 1 aromatic heterocycles. The lowest BCUT2D eigenvalue weighted by molar-refractivity contribution is -0.384. The normalized spacial score (nSPS) is 10.7. The van der Waals surface area contributed by atoms with Crippen LogP contribution in [0.25, 0.3) is 22.2 Å². The first-order valence-corrected chi connectivity index (χ1v) is 5.33. The summed E-state index contributed by atoms with van der Waals surface area (Å²) >= 11 is 0. The number of oxazole rings is 1. The number of fused-ring (bicyclic) bond motifs is 1. The van der Waals surface area contributed by atoms with Gasteiger partial charge in [0.25, 0.3) is 5.69 Å². The number of rotatable bonds is 2. The van der Waals surface area contributed by atoms with Crippen molar-refractivity contribution in [3.05, 3.63) is 59.0 Å². The molecule has 0 amide bonds. The van der Waals surface area contributed by atoms with E-state index in [1.165, 1.54) is 18.5 Å². The fourth-order valence-electron chi connectivity index (χ4n) is 1.88. The van der Waals surface area contributed by atoms with Crippen molar-refractivity contribution in [1.29, 1.82) is 0 Å². The fourth-order valence-corrected chi connectivity index (χ4v) is 1.88. The maximum atomic E-state index is 10.6. The molecule has 88 valence electrons. The van der Waals surface area contributed by atoms with Gasteiger partial charge in [0.05, 0.1) is 4.92 Å². The summed E-state index contributed by atoms with van der Waals surface area (Å²) in [6, 6.07) is 12.0. The number of hydrogen-bond acceptors (Lipinski definition) is 4. The maximum absolute atomic E-state index is 10.6. The number of nitro benzene ring substituents is 1. The highest BCUT2D eigenvalue weighted by atomic mass is 16.6. The van der Waals surface area contributed by atoms with Crippen molar-refractivity contribution in [2.45, 2.75) is 0 Å². The van der Waals surface area contributed by atoms with Gasteiger partial charge in [-0.2, -0.15) is 0 Å². The van der Waals surface area contributed by atoms with Crippen LogP contribution >= 0.6 is 0 Å². The molecule has 0 radical (unpaired) electrons. The van der Waals surface area contributed by atoms with Gasteiger partial charge in [0.15, 0.2) is 12.0 Å². The van der Waals surface area contributed by atoms with E-state index < -0.39 is 4.92 Å². The van der Waals surface area contributed by atoms with E-state index in [0.29, 0.717) is 5.58 Å². The zero-order chi connectivity index (χ0) is 12.5. The van der Waals surface area contributed by atoms with Crippen LogP contribution in [0.3, 0.4) is 0 Å². The lowest BCUT2D eigenvalue weighted by atomic mass is 10.0. The molecule has 0 atom stereocenters. The number of nitrogens with zero attached hydrogens (tertiary/aromatic N) is 2. The number of aromatic nitrogens is 1. The molecule has 18 heavy (non-hydrogen) atoms. The molecule has 3 aromatic rings. The molecule has 0 saturated heterocycles. The third-order valence-electron chi connectivity index (χ3n) is 2.75. The fraction of sp³-hybridized carbons (Fsp3) is 0. The van der Waals surface area contributed by atoms with Crippen LogP contribution in [0.1, 0.15) is 0 Å². The van der Waals surface area contributed by atoms with Crippen LogP contribution in [-0.4, -0.2) is 9.91 Å². The predicted octanol–water partition coefficient (Wildman–Crippen LogP) is 3.40. The molecule has 1 heterocycles. The molecule has 0 aliphatic carbocycles. The molecule has 2 aromatic carbocycles. The topological polar surface area (TPSA) is 69.2 Å². The Morgan fingerprint density at radius 3 is 2.61 bits per heavy atom. The minimum atomic E-state index is -0.416. The first-order chi connectivity index (χ1) is 8.75. The SMILES string of the molecule is O=[N+]([O-])c1ccc(-c2cccc3ocnc23)cc1. The van der Waals surface area contributed by atoms with Crippen molar-refractivity contribution in [3.8, 4) is 11.1 Å². The van der Waals surface area contributed by atoms with Crippen molar-refractivity contribution in [3.63, 3.8) is 0 Å². The Bertz CT molecular complexity index is 716. The maximum Gasteiger partial charge on any atom is 0.269 e. The van der Waals surface area contributed by atoms with Gasteiger partial charge in [-0.25, -0.2) is 4.98 Å². The minimum absolute atomic E-state index is 0.0751. The minimum Gasteiger partial charge on any atom is -0.443 e. The van der Waals surface area contributed by atoms with E-state index in [1.807, 2.05) is 18.2 Å². The number of hydrogen-bond donors (Lipinski definition) is 0. The van der Waals surface area contributed by atoms with Crippen LogP contribution in [0.2, 0.25) is 0 Å². The van der Waals surface area contributed by atoms with Gasteiger partial charge >= 0.3 is 0 Å². The van der Waals surface area contributed by atoms with E-state index in [4.69, 9.17) is 4.42 Å². The van der Waals surface area contributed by atoms with Crippen LogP contribution in [0.15, 0.2) is 53.3 Å². The van der Waals surface area contributed by atoms with Crippen LogP contribution in [-0.2, 0) is 0 Å². The second kappa shape index (κ2) is 3.96. The second-order valence-corrected chi connectivity index (χ2v) is 3.81. The summed E-state index contributed by atoms with van der Waals surface area (Å²) in [5, 5.41) is 10.6. The highest BCUT2D eigenvalue weighted by Gasteiger charge is 2.09. The smallest absolute Gasteiger partial charge is 0.269 e. The van der Waals surface area contributed by atoms with Gasteiger partial charge in [0.1, 0.15) is 5.52 Å². The van der Waals surface area contributed by atoms with Crippen LogP contribution in [0.4, 0.5) is 5.69 Å². The molecule has 0 unspecified atom stereocenters. The summed E-state index contributed by atoms with van der Waals surface area (Å²) in [4.78, 5) is 14.3. The van der Waals surface area contributed by atoms with E-state index in [9.17, 15) is 10.1 Å². The van der Waals surface area contributed by atoms with Gasteiger partial charge in [-0.15, -0.1) is 0 Å². The lowest BCUT2D eigenvalue weighted by Crippen LogP contribution is -1.87. The zero-order valence-electron chi connectivity index (χ0n) is 9.24. The molecule has 0 aliphatic rings. The zero-order valence-corrected chi connectivity index (χ0v) is 9.24. The number of para-hydroxylation sites is 1. The van der Waals surface area contributed by atoms with Crippen LogP contribution in [0.5, 0.6) is 0 Å². The summed E-state index contributed by atoms with van der Waals surface area (Å²) in [5.74, 6) is 0. The third-order valence-corrected chi connectivity index (χ3v) is 2.75. The number of benzene rings is 2. The van der Waals surface area contributed by atoms with Crippen molar-refractivity contribution < 1.29 is 9.34 Å². The molecular weight excluding hydrogens is 232 g/mol. The van der Waals surface area contributed by atoms with Crippen molar-refractivity contribution >= 4 is 16.8 Å². The molecular formula is C13H8N2O3. The van der Waals surface area contributed by atoms with Crippen molar-refractivity contribution in [2.75, 3.05) is 0 Å². The lowest BCUT2D eigenvalue weighted by Gasteiger charge is -2.01. The van der Waals surface area contributed by atoms with E-state index in [0.717, 1.165) is 16.6 Å². The van der Waals surface area contributed by atoms with Gasteiger partial charge in [0.2, 0.25) is 0 Å². The largest absolute Gasteiger partial charge is 0.443 e. The van der Waals surface area contributed by atoms with Gasteiger partial charge in [-0.1, -0.05) is 12.1 Å². The van der Waals surface area contributed by atoms with E-state index >= 15 is 0 Å². The Morgan fingerprint density at radius 2 is 1.89 bits per heavy atom. The Labute approximate surface area is 102 Å². The molecule has 0 N–H and O–H groups in total. The van der Waals surface area contributed by atoms with Gasteiger partial charge in [-0.3, -0.25) is 10.1 Å². The quantitative estimate of drug-likeness (QED) is 0.508. The molecule has 0 bridgehead atoms. The van der Waals surface area contributed by atoms with Gasteiger partial charge in [-0.05, 0) is 23.8 Å². The highest BCUT2D eigenvalue weighted by molar-refractivity contribution is 5.90. The summed E-state index contributed by atoms with van der Waals surface area (Å²) in [6.07, 6.45) is 1.39. The highest BCUT2D eigenvalue weighted by Crippen LogP contribution is 2.28. The van der Waals surface area contributed by atoms with Gasteiger partial charge in [0, 0.05) is 17.7 Å². The van der Waals surface area contributed by atoms with Crippen molar-refractivity contribution in [1.82, 2.24) is 4.98 Å². The van der Waals surface area contributed by atoms with Crippen LogP contribution < -0.4 is 0 Å². The number of nitro groups is 1. The molecule has 0 aliphatic heterocycles. The molecule has 0 spiro atoms. The average molecular weight is 240 g/mol. The van der Waals surface area contributed by atoms with E-state index in [2.05, 4.69) is 4.98 Å². The first-order valence-electron chi connectivity index (χ1n) is 5.33. The average Bonchev–Trinajstić information content (AvgIpc) is 2.87. The van der Waals surface area contributed by atoms with E-state index in [1.54, 1.807) is 12.1 Å². The summed E-state index contributed by atoms with van der Waals surface area (Å²) in [5.41, 5.74) is 3.31. The standard InChI is InChI=1S/C13H8N2O3/c16-15(17)10-6-4-9(5-7-10)11-2-1-3-12-13(11)14-8-18-12/h1-8H. The van der Waals surface area contributed by atoms with Crippen LogP contribution in [0, 0.1) is 10.1 Å². The second-order valence-electron chi connectivity index (χ2n) is 3.81. The van der Waals surface area contributed by atoms with E-state index in [-0.39, 0.29) is 5.69 Å². The third kappa shape index (κ3) is 1.62. The predicted molar refractivity (Wildman–Crippen MR) is 66.1 cm³/mol. The van der Waals surface area contributed by atoms with Gasteiger partial charge < -0.3 is 4.42 Å². The monoisotopic (exact) mass is 240 g/mol. The Balaban J connectivity index is 2.14. The summed E-state index contributed by atoms with van der Waals surface area (Å²) < 4.78 is 5.22. The first kappa shape index (κ1) is 10.5. The molecule has 3 rings (SSSR count). The molecule has 0 fully saturated rings. The molecule has 5 heteroatoms. The Morgan fingerprint density at radius 1 is 1.11 bits per heavy atom. The Hall–Kier alpha value is -2.69. The van der Waals surface area contributed by atoms with Crippen molar-refractivity contribution in [2.24, 2.45) is 0 Å². The molecule has 0 saturated carbocycles. The number of non-ortho nitro benzene ring substituents is 1. The Kier molecular flexibility index (Phi) is 2.30. The summed E-state index contributed by atoms with van der Waals surface area (Å²) in [6.45, 7) is 0. The molecule has 5 nitrogen and oxygen atoms in total.